The molecule has 5 nitrogen and oxygen atoms in total. The first-order valence-corrected chi connectivity index (χ1v) is 11.9. The van der Waals surface area contributed by atoms with Gasteiger partial charge in [0.15, 0.2) is 0 Å². The van der Waals surface area contributed by atoms with E-state index in [1.165, 1.54) is 10.4 Å². The summed E-state index contributed by atoms with van der Waals surface area (Å²) in [6.07, 6.45) is 0. The van der Waals surface area contributed by atoms with Crippen molar-refractivity contribution in [2.45, 2.75) is 38.5 Å². The molecule has 3 aromatic carbocycles. The molecule has 168 valence electrons. The first-order valence-electron chi connectivity index (χ1n) is 10.5. The first kappa shape index (κ1) is 22.5. The molecule has 0 saturated heterocycles. The highest BCUT2D eigenvalue weighted by Crippen LogP contribution is 2.28. The van der Waals surface area contributed by atoms with Crippen LogP contribution in [0.15, 0.2) is 65.6 Å². The predicted octanol–water partition coefficient (Wildman–Crippen LogP) is 4.74. The molecule has 0 unspecified atom stereocenters. The van der Waals surface area contributed by atoms with Crippen LogP contribution in [0.3, 0.4) is 0 Å². The standard InChI is InChI=1S/C25H26FNO4S/c1-18-7-9-23(13-19(18)2)32(28,29)27-11-12-31-25-10-8-20(14-22(25)15-27)16-30-17-21-5-3-4-6-24(21)26/h3-10,13-14H,11-12,15-17H2,1-2H3. The van der Waals surface area contributed by atoms with Gasteiger partial charge >= 0.3 is 0 Å². The lowest BCUT2D eigenvalue weighted by molar-refractivity contribution is 0.105. The lowest BCUT2D eigenvalue weighted by Crippen LogP contribution is -2.32. The summed E-state index contributed by atoms with van der Waals surface area (Å²) in [7, 11) is -3.66. The maximum absolute atomic E-state index is 13.8. The third-order valence-corrected chi connectivity index (χ3v) is 7.51. The Morgan fingerprint density at radius 1 is 1.00 bits per heavy atom. The molecule has 1 heterocycles. The SMILES string of the molecule is Cc1ccc(S(=O)(=O)N2CCOc3ccc(COCc4ccccc4F)cc3C2)cc1C. The van der Waals surface area contributed by atoms with E-state index in [0.717, 1.165) is 22.3 Å². The molecule has 0 bridgehead atoms. The fraction of sp³-hybridized carbons (Fsp3) is 0.280. The highest BCUT2D eigenvalue weighted by Gasteiger charge is 2.28. The minimum atomic E-state index is -3.66. The number of aryl methyl sites for hydroxylation is 2. The Bertz CT molecular complexity index is 1230. The molecular weight excluding hydrogens is 429 g/mol. The summed E-state index contributed by atoms with van der Waals surface area (Å²) in [6, 6.07) is 17.3. The third kappa shape index (κ3) is 4.85. The lowest BCUT2D eigenvalue weighted by atomic mass is 10.1. The topological polar surface area (TPSA) is 55.8 Å². The van der Waals surface area contributed by atoms with Gasteiger partial charge in [-0.05, 0) is 60.9 Å². The van der Waals surface area contributed by atoms with Crippen LogP contribution in [0.5, 0.6) is 5.75 Å². The normalized spacial score (nSPS) is 14.5. The number of nitrogens with zero attached hydrogens (tertiary/aromatic N) is 1. The summed E-state index contributed by atoms with van der Waals surface area (Å²) in [6.45, 7) is 5.06. The molecule has 3 aromatic rings. The Balaban J connectivity index is 1.50. The zero-order valence-electron chi connectivity index (χ0n) is 18.2. The summed E-state index contributed by atoms with van der Waals surface area (Å²) >= 11 is 0. The van der Waals surface area contributed by atoms with E-state index in [-0.39, 0.29) is 43.6 Å². The van der Waals surface area contributed by atoms with Gasteiger partial charge in [0.2, 0.25) is 10.0 Å². The average Bonchev–Trinajstić information content (AvgIpc) is 2.99. The smallest absolute Gasteiger partial charge is 0.243 e. The molecule has 0 N–H and O–H groups in total. The molecule has 0 atom stereocenters. The predicted molar refractivity (Wildman–Crippen MR) is 120 cm³/mol. The van der Waals surface area contributed by atoms with E-state index in [4.69, 9.17) is 9.47 Å². The van der Waals surface area contributed by atoms with Crippen molar-refractivity contribution in [2.24, 2.45) is 0 Å². The second-order valence-corrected chi connectivity index (χ2v) is 9.90. The highest BCUT2D eigenvalue weighted by molar-refractivity contribution is 7.89. The molecule has 0 aromatic heterocycles. The minimum absolute atomic E-state index is 0.160. The van der Waals surface area contributed by atoms with Crippen molar-refractivity contribution in [3.05, 3.63) is 94.3 Å². The Morgan fingerprint density at radius 3 is 2.59 bits per heavy atom. The quantitative estimate of drug-likeness (QED) is 0.539. The summed E-state index contributed by atoms with van der Waals surface area (Å²) in [5.41, 5.74) is 4.13. The van der Waals surface area contributed by atoms with E-state index in [9.17, 15) is 12.8 Å². The number of hydrogen-bond donors (Lipinski definition) is 0. The van der Waals surface area contributed by atoms with Gasteiger partial charge in [0.25, 0.3) is 0 Å². The third-order valence-electron chi connectivity index (χ3n) is 5.67. The number of fused-ring (bicyclic) bond motifs is 1. The minimum Gasteiger partial charge on any atom is -0.492 e. The van der Waals surface area contributed by atoms with Crippen LogP contribution in [0, 0.1) is 19.7 Å². The van der Waals surface area contributed by atoms with Crippen molar-refractivity contribution in [3.63, 3.8) is 0 Å². The molecule has 7 heteroatoms. The van der Waals surface area contributed by atoms with Gasteiger partial charge in [0, 0.05) is 24.2 Å². The molecule has 0 fully saturated rings. The monoisotopic (exact) mass is 455 g/mol. The molecule has 32 heavy (non-hydrogen) atoms. The largest absolute Gasteiger partial charge is 0.492 e. The van der Waals surface area contributed by atoms with Gasteiger partial charge in [0.1, 0.15) is 18.2 Å². The van der Waals surface area contributed by atoms with Crippen molar-refractivity contribution in [3.8, 4) is 5.75 Å². The summed E-state index contributed by atoms with van der Waals surface area (Å²) in [4.78, 5) is 0.286. The molecule has 0 radical (unpaired) electrons. The van der Waals surface area contributed by atoms with E-state index in [1.807, 2.05) is 38.1 Å². The van der Waals surface area contributed by atoms with Gasteiger partial charge in [-0.25, -0.2) is 12.8 Å². The van der Waals surface area contributed by atoms with Crippen molar-refractivity contribution < 1.29 is 22.3 Å². The fourth-order valence-electron chi connectivity index (χ4n) is 3.64. The summed E-state index contributed by atoms with van der Waals surface area (Å²) in [5.74, 6) is 0.371. The van der Waals surface area contributed by atoms with Gasteiger partial charge in [-0.1, -0.05) is 30.3 Å². The van der Waals surface area contributed by atoms with E-state index < -0.39 is 10.0 Å². The molecule has 1 aliphatic rings. The molecule has 0 aliphatic carbocycles. The van der Waals surface area contributed by atoms with E-state index in [0.29, 0.717) is 11.3 Å². The van der Waals surface area contributed by atoms with Crippen molar-refractivity contribution in [2.75, 3.05) is 13.2 Å². The highest BCUT2D eigenvalue weighted by atomic mass is 32.2. The van der Waals surface area contributed by atoms with Crippen LogP contribution in [0.25, 0.3) is 0 Å². The van der Waals surface area contributed by atoms with Gasteiger partial charge in [-0.3, -0.25) is 0 Å². The molecular formula is C25H26FNO4S. The maximum atomic E-state index is 13.8. The van der Waals surface area contributed by atoms with Crippen molar-refractivity contribution in [1.82, 2.24) is 4.31 Å². The van der Waals surface area contributed by atoms with Crippen LogP contribution < -0.4 is 4.74 Å². The van der Waals surface area contributed by atoms with E-state index in [2.05, 4.69) is 0 Å². The fourth-order valence-corrected chi connectivity index (χ4v) is 5.12. The molecule has 0 spiro atoms. The second kappa shape index (κ2) is 9.40. The second-order valence-electron chi connectivity index (χ2n) is 7.96. The first-order chi connectivity index (χ1) is 15.3. The Morgan fingerprint density at radius 2 is 1.81 bits per heavy atom. The maximum Gasteiger partial charge on any atom is 0.243 e. The van der Waals surface area contributed by atoms with Crippen LogP contribution >= 0.6 is 0 Å². The Kier molecular flexibility index (Phi) is 6.60. The summed E-state index contributed by atoms with van der Waals surface area (Å²) < 4.78 is 53.2. The number of benzene rings is 3. The van der Waals surface area contributed by atoms with Crippen LogP contribution in [0.1, 0.15) is 27.8 Å². The van der Waals surface area contributed by atoms with Gasteiger partial charge in [-0.15, -0.1) is 0 Å². The van der Waals surface area contributed by atoms with Crippen molar-refractivity contribution in [1.29, 1.82) is 0 Å². The Labute approximate surface area is 188 Å². The van der Waals surface area contributed by atoms with Crippen LogP contribution in [-0.2, 0) is 34.5 Å². The molecule has 1 aliphatic heterocycles. The summed E-state index contributed by atoms with van der Waals surface area (Å²) in [5, 5.41) is 0. The molecule has 0 saturated carbocycles. The molecule has 4 rings (SSSR count). The Hall–Kier alpha value is -2.74. The van der Waals surface area contributed by atoms with Crippen LogP contribution in [-0.4, -0.2) is 25.9 Å². The number of hydrogen-bond acceptors (Lipinski definition) is 4. The number of ether oxygens (including phenoxy) is 2. The van der Waals surface area contributed by atoms with Crippen LogP contribution in [0.2, 0.25) is 0 Å². The van der Waals surface area contributed by atoms with E-state index >= 15 is 0 Å². The van der Waals surface area contributed by atoms with Crippen LogP contribution in [0.4, 0.5) is 4.39 Å². The zero-order chi connectivity index (χ0) is 22.7. The van der Waals surface area contributed by atoms with Gasteiger partial charge in [-0.2, -0.15) is 4.31 Å². The van der Waals surface area contributed by atoms with Gasteiger partial charge < -0.3 is 9.47 Å². The van der Waals surface area contributed by atoms with Gasteiger partial charge in [0.05, 0.1) is 18.1 Å². The average molecular weight is 456 g/mol. The molecule has 0 amide bonds. The number of rotatable bonds is 6. The van der Waals surface area contributed by atoms with E-state index in [1.54, 1.807) is 30.3 Å². The zero-order valence-corrected chi connectivity index (χ0v) is 19.0. The number of halogens is 1. The number of sulfonamides is 1. The van der Waals surface area contributed by atoms with Crippen molar-refractivity contribution >= 4 is 10.0 Å². The lowest BCUT2D eigenvalue weighted by Gasteiger charge is -2.20.